The molecule has 0 saturated carbocycles. The Bertz CT molecular complexity index is 116. The van der Waals surface area contributed by atoms with E-state index in [1.807, 2.05) is 0 Å². The minimum atomic E-state index is 0.660. The Morgan fingerprint density at radius 3 is 2.30 bits per heavy atom. The molecule has 0 unspecified atom stereocenters. The second-order valence-electron chi connectivity index (χ2n) is 3.57. The van der Waals surface area contributed by atoms with E-state index in [-0.39, 0.29) is 0 Å². The standard InChI is InChI=1S/C7H14N2S/c10-9-5-7(6-9)1-3-8-4-2-7/h8,10H,1-6H2. The zero-order valence-electron chi connectivity index (χ0n) is 6.14. The van der Waals surface area contributed by atoms with Crippen molar-refractivity contribution in [2.45, 2.75) is 12.8 Å². The summed E-state index contributed by atoms with van der Waals surface area (Å²) in [6.45, 7) is 4.83. The average Bonchev–Trinajstić information content (AvgIpc) is 1.87. The predicted molar refractivity (Wildman–Crippen MR) is 45.1 cm³/mol. The number of hydrogen-bond acceptors (Lipinski definition) is 3. The van der Waals surface area contributed by atoms with Crippen LogP contribution in [0.5, 0.6) is 0 Å². The second-order valence-corrected chi connectivity index (χ2v) is 4.14. The number of hydrogen-bond donors (Lipinski definition) is 2. The van der Waals surface area contributed by atoms with Crippen molar-refractivity contribution < 1.29 is 0 Å². The monoisotopic (exact) mass is 158 g/mol. The Morgan fingerprint density at radius 2 is 1.80 bits per heavy atom. The van der Waals surface area contributed by atoms with Gasteiger partial charge in [0.05, 0.1) is 0 Å². The molecule has 0 aliphatic carbocycles. The van der Waals surface area contributed by atoms with Crippen LogP contribution in [0.15, 0.2) is 0 Å². The van der Waals surface area contributed by atoms with Crippen LogP contribution in [-0.2, 0) is 0 Å². The number of nitrogens with zero attached hydrogens (tertiary/aromatic N) is 1. The zero-order chi connectivity index (χ0) is 7.03. The summed E-state index contributed by atoms with van der Waals surface area (Å²) in [5.41, 5.74) is 0.660. The highest BCUT2D eigenvalue weighted by Crippen LogP contribution is 2.39. The SMILES string of the molecule is SN1CC2(CCNCC2)C1. The fourth-order valence-corrected chi connectivity index (χ4v) is 2.60. The number of thiol groups is 1. The van der Waals surface area contributed by atoms with Crippen LogP contribution < -0.4 is 5.32 Å². The Balaban J connectivity index is 1.90. The summed E-state index contributed by atoms with van der Waals surface area (Å²) in [5, 5.41) is 3.38. The Labute approximate surface area is 67.5 Å². The molecule has 2 saturated heterocycles. The van der Waals surface area contributed by atoms with Gasteiger partial charge in [-0.2, -0.15) is 0 Å². The Hall–Kier alpha value is 0.270. The van der Waals surface area contributed by atoms with Gasteiger partial charge in [0, 0.05) is 18.5 Å². The van der Waals surface area contributed by atoms with E-state index >= 15 is 0 Å². The van der Waals surface area contributed by atoms with Gasteiger partial charge in [-0.3, -0.25) is 4.31 Å². The number of rotatable bonds is 0. The average molecular weight is 158 g/mol. The first-order valence-corrected chi connectivity index (χ1v) is 4.35. The third kappa shape index (κ3) is 1.06. The molecule has 10 heavy (non-hydrogen) atoms. The predicted octanol–water partition coefficient (Wildman–Crippen LogP) is 0.517. The van der Waals surface area contributed by atoms with Gasteiger partial charge in [0.25, 0.3) is 0 Å². The van der Waals surface area contributed by atoms with Crippen molar-refractivity contribution in [3.63, 3.8) is 0 Å². The smallest absolute Gasteiger partial charge is 0.0157 e. The second kappa shape index (κ2) is 2.40. The van der Waals surface area contributed by atoms with Crippen LogP contribution in [0.25, 0.3) is 0 Å². The largest absolute Gasteiger partial charge is 0.317 e. The van der Waals surface area contributed by atoms with Crippen LogP contribution in [0.2, 0.25) is 0 Å². The van der Waals surface area contributed by atoms with Crippen LogP contribution >= 0.6 is 12.8 Å². The molecule has 2 rings (SSSR count). The van der Waals surface area contributed by atoms with Gasteiger partial charge in [-0.1, -0.05) is 12.8 Å². The first kappa shape index (κ1) is 6.95. The van der Waals surface area contributed by atoms with Gasteiger partial charge in [0.1, 0.15) is 0 Å². The van der Waals surface area contributed by atoms with E-state index < -0.39 is 0 Å². The summed E-state index contributed by atoms with van der Waals surface area (Å²) >= 11 is 4.28. The van der Waals surface area contributed by atoms with Crippen molar-refractivity contribution in [1.82, 2.24) is 9.62 Å². The van der Waals surface area contributed by atoms with Crippen LogP contribution in [-0.4, -0.2) is 30.5 Å². The molecule has 0 radical (unpaired) electrons. The minimum absolute atomic E-state index is 0.660. The lowest BCUT2D eigenvalue weighted by Gasteiger charge is -2.50. The molecular formula is C7H14N2S. The molecule has 0 bridgehead atoms. The quantitative estimate of drug-likeness (QED) is 0.500. The molecule has 0 aromatic rings. The molecule has 0 aromatic carbocycles. The van der Waals surface area contributed by atoms with Crippen LogP contribution in [0, 0.1) is 5.41 Å². The molecule has 0 amide bonds. The minimum Gasteiger partial charge on any atom is -0.317 e. The summed E-state index contributed by atoms with van der Waals surface area (Å²) in [6.07, 6.45) is 2.70. The van der Waals surface area contributed by atoms with Gasteiger partial charge < -0.3 is 5.32 Å². The van der Waals surface area contributed by atoms with Gasteiger partial charge in [-0.15, -0.1) is 0 Å². The highest BCUT2D eigenvalue weighted by atomic mass is 32.1. The molecule has 58 valence electrons. The van der Waals surface area contributed by atoms with E-state index in [4.69, 9.17) is 0 Å². The van der Waals surface area contributed by atoms with E-state index in [2.05, 4.69) is 22.4 Å². The normalized spacial score (nSPS) is 32.1. The third-order valence-electron chi connectivity index (χ3n) is 2.70. The van der Waals surface area contributed by atoms with Crippen LogP contribution in [0.3, 0.4) is 0 Å². The van der Waals surface area contributed by atoms with Crippen molar-refractivity contribution in [2.24, 2.45) is 5.41 Å². The van der Waals surface area contributed by atoms with Crippen LogP contribution in [0.1, 0.15) is 12.8 Å². The molecule has 2 heterocycles. The molecule has 3 heteroatoms. The lowest BCUT2D eigenvalue weighted by Crippen LogP contribution is -2.56. The zero-order valence-corrected chi connectivity index (χ0v) is 7.03. The molecule has 2 aliphatic heterocycles. The maximum absolute atomic E-state index is 4.28. The summed E-state index contributed by atoms with van der Waals surface area (Å²) < 4.78 is 2.12. The molecular weight excluding hydrogens is 144 g/mol. The first-order valence-electron chi connectivity index (χ1n) is 3.95. The van der Waals surface area contributed by atoms with Gasteiger partial charge in [-0.25, -0.2) is 0 Å². The molecule has 1 N–H and O–H groups in total. The van der Waals surface area contributed by atoms with E-state index in [9.17, 15) is 0 Å². The fourth-order valence-electron chi connectivity index (χ4n) is 2.00. The van der Waals surface area contributed by atoms with Crippen molar-refractivity contribution in [3.05, 3.63) is 0 Å². The lowest BCUT2D eigenvalue weighted by atomic mass is 9.74. The van der Waals surface area contributed by atoms with Gasteiger partial charge in [0.15, 0.2) is 0 Å². The van der Waals surface area contributed by atoms with Crippen molar-refractivity contribution >= 4 is 12.8 Å². The van der Waals surface area contributed by atoms with Crippen molar-refractivity contribution in [1.29, 1.82) is 0 Å². The Morgan fingerprint density at radius 1 is 1.20 bits per heavy atom. The van der Waals surface area contributed by atoms with E-state index in [1.165, 1.54) is 39.0 Å². The van der Waals surface area contributed by atoms with Gasteiger partial charge in [0.2, 0.25) is 0 Å². The topological polar surface area (TPSA) is 15.3 Å². The molecule has 0 atom stereocenters. The van der Waals surface area contributed by atoms with Crippen molar-refractivity contribution in [2.75, 3.05) is 26.2 Å². The maximum atomic E-state index is 4.28. The molecule has 0 aromatic heterocycles. The summed E-state index contributed by atoms with van der Waals surface area (Å²) in [5.74, 6) is 0. The summed E-state index contributed by atoms with van der Waals surface area (Å²) in [4.78, 5) is 0. The highest BCUT2D eigenvalue weighted by molar-refractivity contribution is 7.77. The Kier molecular flexibility index (Phi) is 1.66. The third-order valence-corrected chi connectivity index (χ3v) is 2.98. The van der Waals surface area contributed by atoms with Gasteiger partial charge in [-0.05, 0) is 25.9 Å². The fraction of sp³-hybridized carbons (Fsp3) is 1.00. The lowest BCUT2D eigenvalue weighted by molar-refractivity contribution is 0.0469. The highest BCUT2D eigenvalue weighted by Gasteiger charge is 2.41. The van der Waals surface area contributed by atoms with E-state index in [0.717, 1.165) is 0 Å². The first-order chi connectivity index (χ1) is 4.81. The molecule has 1 spiro atoms. The molecule has 2 nitrogen and oxygen atoms in total. The van der Waals surface area contributed by atoms with Gasteiger partial charge >= 0.3 is 0 Å². The molecule has 2 aliphatic rings. The van der Waals surface area contributed by atoms with E-state index in [1.54, 1.807) is 0 Å². The number of nitrogens with one attached hydrogen (secondary N) is 1. The van der Waals surface area contributed by atoms with Crippen molar-refractivity contribution in [3.8, 4) is 0 Å². The number of piperidine rings is 1. The summed E-state index contributed by atoms with van der Waals surface area (Å²) in [6, 6.07) is 0. The maximum Gasteiger partial charge on any atom is 0.0157 e. The van der Waals surface area contributed by atoms with Crippen LogP contribution in [0.4, 0.5) is 0 Å². The molecule has 2 fully saturated rings. The summed E-state index contributed by atoms with van der Waals surface area (Å²) in [7, 11) is 0. The van der Waals surface area contributed by atoms with E-state index in [0.29, 0.717) is 5.41 Å².